The van der Waals surface area contributed by atoms with Crippen molar-refractivity contribution in [3.05, 3.63) is 29.8 Å². The molecule has 1 aromatic carbocycles. The van der Waals surface area contributed by atoms with Crippen molar-refractivity contribution in [2.75, 3.05) is 30.1 Å². The van der Waals surface area contributed by atoms with Crippen molar-refractivity contribution >= 4 is 40.8 Å². The molecule has 1 atom stereocenters. The number of hydrogen-bond acceptors (Lipinski definition) is 5. The maximum atomic E-state index is 11.6. The Balaban J connectivity index is 2.16. The number of nitrogens with one attached hydrogen (secondary N) is 2. The van der Waals surface area contributed by atoms with Gasteiger partial charge in [-0.2, -0.15) is 27.7 Å². The van der Waals surface area contributed by atoms with Gasteiger partial charge in [-0.05, 0) is 25.3 Å². The Bertz CT molecular complexity index is 454. The lowest BCUT2D eigenvalue weighted by Crippen LogP contribution is -2.39. The molecule has 21 heavy (non-hydrogen) atoms. The molecule has 5 nitrogen and oxygen atoms in total. The third-order valence-corrected chi connectivity index (χ3v) is 4.88. The number of thioether (sulfide) groups is 2. The van der Waals surface area contributed by atoms with Crippen LogP contribution in [-0.2, 0) is 11.3 Å². The highest BCUT2D eigenvalue weighted by molar-refractivity contribution is 8.02. The fraction of sp³-hybridized carbons (Fsp3) is 0.462. The fourth-order valence-corrected chi connectivity index (χ4v) is 3.43. The zero-order chi connectivity index (χ0) is 15.5. The van der Waals surface area contributed by atoms with Gasteiger partial charge in [0.2, 0.25) is 0 Å². The molecule has 2 N–H and O–H groups in total. The molecule has 2 amide bonds. The second-order valence-corrected chi connectivity index (χ2v) is 7.14. The van der Waals surface area contributed by atoms with Crippen LogP contribution in [0.3, 0.4) is 0 Å². The van der Waals surface area contributed by atoms with Gasteiger partial charge >= 0.3 is 17.3 Å². The lowest BCUT2D eigenvalue weighted by atomic mass is 10.2. The number of amides is 2. The van der Waals surface area contributed by atoms with E-state index >= 15 is 0 Å². The van der Waals surface area contributed by atoms with Gasteiger partial charge < -0.3 is 9.50 Å². The Morgan fingerprint density at radius 2 is 1.95 bits per heavy atom. The molecule has 8 heteroatoms. The highest BCUT2D eigenvalue weighted by Crippen LogP contribution is 2.11. The van der Waals surface area contributed by atoms with Crippen LogP contribution in [0.2, 0.25) is 0 Å². The Morgan fingerprint density at radius 1 is 1.24 bits per heavy atom. The van der Waals surface area contributed by atoms with E-state index in [1.165, 1.54) is 0 Å². The Kier molecular flexibility index (Phi) is 9.36. The molecule has 0 saturated heterocycles. The second kappa shape index (κ2) is 10.8. The summed E-state index contributed by atoms with van der Waals surface area (Å²) in [5, 5.41) is 2.63. The summed E-state index contributed by atoms with van der Waals surface area (Å²) in [5.41, 5.74) is 1.08. The monoisotopic (exact) mass is 348 g/mol. The molecule has 0 heterocycles. The summed E-state index contributed by atoms with van der Waals surface area (Å²) >= 11 is 1.68. The minimum atomic E-state index is -1.89. The van der Waals surface area contributed by atoms with Gasteiger partial charge in [-0.25, -0.2) is 9.52 Å². The van der Waals surface area contributed by atoms with Crippen LogP contribution in [0.5, 0.6) is 5.75 Å². The van der Waals surface area contributed by atoms with Gasteiger partial charge in [0.05, 0.1) is 0 Å². The van der Waals surface area contributed by atoms with E-state index in [9.17, 15) is 9.00 Å². The quantitative estimate of drug-likeness (QED) is 0.671. The topological polar surface area (TPSA) is 67.4 Å². The van der Waals surface area contributed by atoms with Gasteiger partial charge in [-0.15, -0.1) is 0 Å². The maximum absolute atomic E-state index is 11.6. The summed E-state index contributed by atoms with van der Waals surface area (Å²) in [6.45, 7) is 2.48. The second-order valence-electron chi connectivity index (χ2n) is 4.09. The van der Waals surface area contributed by atoms with Gasteiger partial charge in [-0.3, -0.25) is 0 Å². The van der Waals surface area contributed by atoms with Crippen LogP contribution in [0.1, 0.15) is 5.56 Å². The minimum Gasteiger partial charge on any atom is -0.385 e. The smallest absolute Gasteiger partial charge is 0.329 e. The van der Waals surface area contributed by atoms with Crippen molar-refractivity contribution < 1.29 is 13.2 Å². The molecular formula is C13H20N2O3S3. The van der Waals surface area contributed by atoms with E-state index in [0.717, 1.165) is 22.8 Å². The first-order valence-electron chi connectivity index (χ1n) is 6.39. The first-order valence-corrected chi connectivity index (χ1v) is 10.0. The molecule has 0 aliphatic rings. The van der Waals surface area contributed by atoms with E-state index in [1.807, 2.05) is 19.1 Å². The van der Waals surface area contributed by atoms with Gasteiger partial charge in [0.25, 0.3) is 0 Å². The lowest BCUT2D eigenvalue weighted by molar-refractivity contribution is 0.246. The molecule has 0 saturated carbocycles. The minimum absolute atomic E-state index is 0.451. The third-order valence-electron chi connectivity index (χ3n) is 2.33. The summed E-state index contributed by atoms with van der Waals surface area (Å²) in [5.74, 6) is 3.45. The molecule has 0 spiro atoms. The first kappa shape index (κ1) is 18.2. The Labute approximate surface area is 136 Å². The van der Waals surface area contributed by atoms with E-state index in [-0.39, 0.29) is 0 Å². The van der Waals surface area contributed by atoms with E-state index in [0.29, 0.717) is 12.3 Å². The number of aryl methyl sites for hydroxylation is 1. The molecule has 0 fully saturated rings. The van der Waals surface area contributed by atoms with Crippen molar-refractivity contribution in [3.63, 3.8) is 0 Å². The normalized spacial score (nSPS) is 11.7. The summed E-state index contributed by atoms with van der Waals surface area (Å²) in [6.07, 6.45) is 2.07. The third kappa shape index (κ3) is 8.90. The molecular weight excluding hydrogens is 328 g/mol. The average molecular weight is 349 g/mol. The van der Waals surface area contributed by atoms with Crippen molar-refractivity contribution in [2.24, 2.45) is 0 Å². The standard InChI is InChI=1S/C13H20N2O3S3/c1-11-3-5-12(6-4-11)18-21(17)15-13(16)14-7-8-20-10-9-19-2/h3-6H,7-10H2,1-2H3,(H2,14,15,16). The van der Waals surface area contributed by atoms with Crippen molar-refractivity contribution in [2.45, 2.75) is 6.92 Å². The van der Waals surface area contributed by atoms with Crippen LogP contribution in [0.25, 0.3) is 0 Å². The zero-order valence-electron chi connectivity index (χ0n) is 12.1. The number of carbonyl (C=O) groups excluding carboxylic acids is 1. The van der Waals surface area contributed by atoms with E-state index in [1.54, 1.807) is 35.7 Å². The molecule has 0 bridgehead atoms. The molecule has 118 valence electrons. The van der Waals surface area contributed by atoms with Crippen molar-refractivity contribution in [1.29, 1.82) is 0 Å². The highest BCUT2D eigenvalue weighted by atomic mass is 32.2. The van der Waals surface area contributed by atoms with Gasteiger partial charge in [0.15, 0.2) is 0 Å². The predicted molar refractivity (Wildman–Crippen MR) is 92.2 cm³/mol. The highest BCUT2D eigenvalue weighted by Gasteiger charge is 2.07. The summed E-state index contributed by atoms with van der Waals surface area (Å²) in [6, 6.07) is 6.60. The predicted octanol–water partition coefficient (Wildman–Crippen LogP) is 2.35. The van der Waals surface area contributed by atoms with Crippen molar-refractivity contribution in [1.82, 2.24) is 10.0 Å². The summed E-state index contributed by atoms with van der Waals surface area (Å²) in [7, 11) is 0. The van der Waals surface area contributed by atoms with Crippen LogP contribution in [-0.4, -0.2) is 40.3 Å². The van der Waals surface area contributed by atoms with E-state index in [4.69, 9.17) is 4.18 Å². The summed E-state index contributed by atoms with van der Waals surface area (Å²) < 4.78 is 18.9. The molecule has 0 aromatic heterocycles. The lowest BCUT2D eigenvalue weighted by Gasteiger charge is -2.08. The number of benzene rings is 1. The van der Waals surface area contributed by atoms with Gasteiger partial charge in [-0.1, -0.05) is 17.7 Å². The zero-order valence-corrected chi connectivity index (χ0v) is 14.5. The van der Waals surface area contributed by atoms with Crippen LogP contribution < -0.4 is 14.2 Å². The van der Waals surface area contributed by atoms with Crippen LogP contribution in [0.4, 0.5) is 4.79 Å². The molecule has 0 radical (unpaired) electrons. The van der Waals surface area contributed by atoms with E-state index < -0.39 is 17.3 Å². The number of urea groups is 1. The van der Waals surface area contributed by atoms with Crippen molar-refractivity contribution in [3.8, 4) is 5.75 Å². The SMILES string of the molecule is CSCCSCCNC(=O)NS(=O)Oc1ccc(C)cc1. The molecule has 1 rings (SSSR count). The fourth-order valence-electron chi connectivity index (χ4n) is 1.29. The molecule has 0 aliphatic carbocycles. The van der Waals surface area contributed by atoms with Crippen LogP contribution in [0, 0.1) is 6.92 Å². The largest absolute Gasteiger partial charge is 0.385 e. The molecule has 0 aliphatic heterocycles. The van der Waals surface area contributed by atoms with Gasteiger partial charge in [0.1, 0.15) is 5.75 Å². The van der Waals surface area contributed by atoms with Gasteiger partial charge in [0, 0.05) is 23.8 Å². The maximum Gasteiger partial charge on any atom is 0.329 e. The average Bonchev–Trinajstić information content (AvgIpc) is 2.45. The van der Waals surface area contributed by atoms with E-state index in [2.05, 4.69) is 16.3 Å². The molecule has 1 aromatic rings. The first-order chi connectivity index (χ1) is 10.1. The number of carbonyl (C=O) groups is 1. The Hall–Kier alpha value is -0.860. The van der Waals surface area contributed by atoms with Crippen LogP contribution >= 0.6 is 23.5 Å². The summed E-state index contributed by atoms with van der Waals surface area (Å²) in [4.78, 5) is 11.5. The van der Waals surface area contributed by atoms with Crippen LogP contribution in [0.15, 0.2) is 24.3 Å². The Morgan fingerprint density at radius 3 is 2.62 bits per heavy atom. The molecule has 1 unspecified atom stereocenters. The number of rotatable bonds is 9. The number of hydrogen-bond donors (Lipinski definition) is 2.